The van der Waals surface area contributed by atoms with Crippen LogP contribution >= 0.6 is 0 Å². The van der Waals surface area contributed by atoms with Crippen LogP contribution in [0.3, 0.4) is 0 Å². The van der Waals surface area contributed by atoms with Gasteiger partial charge < -0.3 is 15.4 Å². The van der Waals surface area contributed by atoms with Gasteiger partial charge in [0.15, 0.2) is 0 Å². The first kappa shape index (κ1) is 13.4. The molecule has 5 heteroatoms. The summed E-state index contributed by atoms with van der Waals surface area (Å²) in [4.78, 5) is 8.82. The van der Waals surface area contributed by atoms with Crippen molar-refractivity contribution in [2.75, 3.05) is 5.73 Å². The number of aromatic hydroxyl groups is 1. The van der Waals surface area contributed by atoms with Gasteiger partial charge in [0.1, 0.15) is 11.4 Å². The molecule has 0 amide bonds. The maximum atomic E-state index is 9.97. The molecular weight excluding hydrogens is 264 g/mol. The van der Waals surface area contributed by atoms with E-state index in [1.807, 2.05) is 25.3 Å². The molecule has 0 aliphatic carbocycles. The number of fused-ring (bicyclic) bond motifs is 1. The van der Waals surface area contributed by atoms with Crippen LogP contribution in [-0.4, -0.2) is 19.6 Å². The van der Waals surface area contributed by atoms with Crippen molar-refractivity contribution >= 4 is 17.0 Å². The molecule has 3 aromatic rings. The van der Waals surface area contributed by atoms with E-state index in [9.17, 15) is 5.11 Å². The first-order valence-electron chi connectivity index (χ1n) is 6.84. The number of benzene rings is 1. The largest absolute Gasteiger partial charge is 0.506 e. The third-order valence-corrected chi connectivity index (χ3v) is 3.62. The summed E-state index contributed by atoms with van der Waals surface area (Å²) >= 11 is 0. The molecule has 0 saturated carbocycles. The van der Waals surface area contributed by atoms with Crippen molar-refractivity contribution < 1.29 is 5.11 Å². The van der Waals surface area contributed by atoms with E-state index in [2.05, 4.69) is 22.1 Å². The highest BCUT2D eigenvalue weighted by atomic mass is 16.3. The second-order valence-electron chi connectivity index (χ2n) is 5.42. The summed E-state index contributed by atoms with van der Waals surface area (Å²) < 4.78 is 1.89. The Morgan fingerprint density at radius 2 is 1.90 bits per heavy atom. The molecule has 2 heterocycles. The Bertz CT molecular complexity index is 836. The lowest BCUT2D eigenvalue weighted by molar-refractivity contribution is 0.461. The predicted octanol–water partition coefficient (Wildman–Crippen LogP) is 2.69. The van der Waals surface area contributed by atoms with Gasteiger partial charge >= 0.3 is 0 Å². The Morgan fingerprint density at radius 3 is 2.67 bits per heavy atom. The molecule has 108 valence electrons. The highest BCUT2D eigenvalue weighted by Crippen LogP contribution is 2.25. The number of imidazole rings is 1. The highest BCUT2D eigenvalue weighted by molar-refractivity contribution is 5.82. The molecule has 0 bridgehead atoms. The van der Waals surface area contributed by atoms with E-state index in [4.69, 9.17) is 5.73 Å². The third-order valence-electron chi connectivity index (χ3n) is 3.62. The molecule has 3 rings (SSSR count). The number of hydrogen-bond acceptors (Lipinski definition) is 4. The van der Waals surface area contributed by atoms with Crippen LogP contribution in [0.15, 0.2) is 24.3 Å². The van der Waals surface area contributed by atoms with E-state index in [-0.39, 0.29) is 5.75 Å². The topological polar surface area (TPSA) is 77.0 Å². The van der Waals surface area contributed by atoms with E-state index in [0.717, 1.165) is 27.9 Å². The number of nitrogens with two attached hydrogens (primary N) is 1. The van der Waals surface area contributed by atoms with Crippen LogP contribution in [0.4, 0.5) is 5.95 Å². The zero-order chi connectivity index (χ0) is 15.1. The third kappa shape index (κ3) is 2.31. The number of aromatic nitrogens is 3. The number of nitrogen functional groups attached to an aromatic ring is 1. The molecule has 0 radical (unpaired) electrons. The Balaban J connectivity index is 2.16. The summed E-state index contributed by atoms with van der Waals surface area (Å²) in [5.41, 5.74) is 11.6. The smallest absolute Gasteiger partial charge is 0.201 e. The lowest BCUT2D eigenvalue weighted by Crippen LogP contribution is -2.06. The van der Waals surface area contributed by atoms with Crippen molar-refractivity contribution in [1.82, 2.24) is 14.5 Å². The maximum absolute atomic E-state index is 9.97. The fourth-order valence-corrected chi connectivity index (χ4v) is 2.62. The zero-order valence-corrected chi connectivity index (χ0v) is 12.4. The fourth-order valence-electron chi connectivity index (χ4n) is 2.62. The number of nitrogens with zero attached hydrogens (tertiary/aromatic N) is 3. The van der Waals surface area contributed by atoms with Gasteiger partial charge in [-0.2, -0.15) is 0 Å². The maximum Gasteiger partial charge on any atom is 0.201 e. The lowest BCUT2D eigenvalue weighted by Gasteiger charge is -2.09. The Labute approximate surface area is 123 Å². The molecule has 0 aliphatic heterocycles. The Morgan fingerprint density at radius 1 is 1.14 bits per heavy atom. The van der Waals surface area contributed by atoms with Crippen LogP contribution in [0.2, 0.25) is 0 Å². The fraction of sp³-hybridized carbons (Fsp3) is 0.250. The van der Waals surface area contributed by atoms with Crippen molar-refractivity contribution in [2.24, 2.45) is 0 Å². The van der Waals surface area contributed by atoms with Crippen molar-refractivity contribution in [1.29, 1.82) is 0 Å². The van der Waals surface area contributed by atoms with Crippen molar-refractivity contribution in [3.05, 3.63) is 46.8 Å². The normalized spacial score (nSPS) is 11.2. The van der Waals surface area contributed by atoms with Crippen LogP contribution in [0.25, 0.3) is 11.0 Å². The van der Waals surface area contributed by atoms with Crippen LogP contribution < -0.4 is 5.73 Å². The molecule has 0 aliphatic rings. The molecule has 2 aromatic heterocycles. The average molecular weight is 282 g/mol. The predicted molar refractivity (Wildman–Crippen MR) is 83.4 cm³/mol. The van der Waals surface area contributed by atoms with Gasteiger partial charge in [-0.05, 0) is 50.1 Å². The summed E-state index contributed by atoms with van der Waals surface area (Å²) in [6.45, 7) is 6.36. The molecule has 5 nitrogen and oxygen atoms in total. The second kappa shape index (κ2) is 4.77. The molecule has 1 aromatic carbocycles. The number of hydrogen-bond donors (Lipinski definition) is 2. The summed E-state index contributed by atoms with van der Waals surface area (Å²) in [5, 5.41) is 9.97. The first-order chi connectivity index (χ1) is 9.95. The van der Waals surface area contributed by atoms with Crippen LogP contribution in [0.1, 0.15) is 22.5 Å². The average Bonchev–Trinajstić information content (AvgIpc) is 2.72. The molecule has 0 spiro atoms. The van der Waals surface area contributed by atoms with E-state index in [1.165, 1.54) is 0 Å². The first-order valence-corrected chi connectivity index (χ1v) is 6.84. The molecule has 0 atom stereocenters. The van der Waals surface area contributed by atoms with Crippen LogP contribution in [-0.2, 0) is 6.54 Å². The quantitative estimate of drug-likeness (QED) is 0.757. The van der Waals surface area contributed by atoms with Crippen molar-refractivity contribution in [3.8, 4) is 5.75 Å². The van der Waals surface area contributed by atoms with Crippen LogP contribution in [0.5, 0.6) is 5.75 Å². The lowest BCUT2D eigenvalue weighted by atomic mass is 10.1. The summed E-state index contributed by atoms with van der Waals surface area (Å²) in [7, 11) is 0. The van der Waals surface area contributed by atoms with E-state index >= 15 is 0 Å². The Hall–Kier alpha value is -2.56. The molecule has 0 saturated heterocycles. The van der Waals surface area contributed by atoms with Gasteiger partial charge in [-0.15, -0.1) is 0 Å². The van der Waals surface area contributed by atoms with Gasteiger partial charge in [0, 0.05) is 5.69 Å². The standard InChI is InChI=1S/C16H18N4O/c1-9-6-10(2)15-13(7-9)20(16(17)19-15)8-12-14(21)5-4-11(3)18-12/h4-7,21H,8H2,1-3H3,(H2,17,19). The molecular formula is C16H18N4O. The van der Waals surface area contributed by atoms with E-state index in [1.54, 1.807) is 12.1 Å². The minimum absolute atomic E-state index is 0.172. The van der Waals surface area contributed by atoms with Gasteiger partial charge in [0.05, 0.1) is 17.6 Å². The van der Waals surface area contributed by atoms with Gasteiger partial charge in [-0.3, -0.25) is 4.98 Å². The number of rotatable bonds is 2. The molecule has 21 heavy (non-hydrogen) atoms. The monoisotopic (exact) mass is 282 g/mol. The molecule has 0 fully saturated rings. The minimum atomic E-state index is 0.172. The van der Waals surface area contributed by atoms with Crippen molar-refractivity contribution in [3.63, 3.8) is 0 Å². The summed E-state index contributed by atoms with van der Waals surface area (Å²) in [6, 6.07) is 7.58. The summed E-state index contributed by atoms with van der Waals surface area (Å²) in [5.74, 6) is 0.604. The number of aryl methyl sites for hydroxylation is 3. The number of pyridine rings is 1. The minimum Gasteiger partial charge on any atom is -0.506 e. The van der Waals surface area contributed by atoms with Gasteiger partial charge in [0.2, 0.25) is 5.95 Å². The number of anilines is 1. The second-order valence-corrected chi connectivity index (χ2v) is 5.42. The van der Waals surface area contributed by atoms with E-state index in [0.29, 0.717) is 18.2 Å². The van der Waals surface area contributed by atoms with Gasteiger partial charge in [-0.25, -0.2) is 4.98 Å². The Kier molecular flexibility index (Phi) is 3.05. The molecule has 0 unspecified atom stereocenters. The van der Waals surface area contributed by atoms with Gasteiger partial charge in [-0.1, -0.05) is 6.07 Å². The van der Waals surface area contributed by atoms with E-state index < -0.39 is 0 Å². The SMILES string of the molecule is Cc1cc(C)c2nc(N)n(Cc3nc(C)ccc3O)c2c1. The molecule has 3 N–H and O–H groups in total. The van der Waals surface area contributed by atoms with Gasteiger partial charge in [0.25, 0.3) is 0 Å². The zero-order valence-electron chi connectivity index (χ0n) is 12.4. The van der Waals surface area contributed by atoms with Crippen LogP contribution in [0, 0.1) is 20.8 Å². The summed E-state index contributed by atoms with van der Waals surface area (Å²) in [6.07, 6.45) is 0. The highest BCUT2D eigenvalue weighted by Gasteiger charge is 2.13. The van der Waals surface area contributed by atoms with Crippen molar-refractivity contribution in [2.45, 2.75) is 27.3 Å².